The standard InChI is InChI=1S/C15H14N2O6S/c16-12(19)11(23-7-4-2-1-3-5-7)9-13(20)17-10(15(21)22)8(18)6-24-14(9)17/h1-5,9,11,14,18H,6H2,(H2,16,19)(H,21,22). The van der Waals surface area contributed by atoms with E-state index in [-0.39, 0.29) is 11.5 Å². The summed E-state index contributed by atoms with van der Waals surface area (Å²) in [5, 5.41) is 18.3. The quantitative estimate of drug-likeness (QED) is 0.651. The Morgan fingerprint density at radius 3 is 2.58 bits per heavy atom. The van der Waals surface area contributed by atoms with Gasteiger partial charge in [0.25, 0.3) is 5.91 Å². The van der Waals surface area contributed by atoms with Gasteiger partial charge in [0.1, 0.15) is 17.4 Å². The third-order valence-corrected chi connectivity index (χ3v) is 5.09. The first-order chi connectivity index (χ1) is 11.4. The number of aliphatic hydroxyl groups excluding tert-OH is 1. The maximum Gasteiger partial charge on any atom is 0.356 e. The van der Waals surface area contributed by atoms with E-state index in [0.717, 1.165) is 16.7 Å². The van der Waals surface area contributed by atoms with Crippen LogP contribution in [-0.4, -0.2) is 50.1 Å². The van der Waals surface area contributed by atoms with Gasteiger partial charge in [-0.05, 0) is 12.1 Å². The van der Waals surface area contributed by atoms with Crippen LogP contribution in [0, 0.1) is 5.92 Å². The van der Waals surface area contributed by atoms with E-state index in [1.54, 1.807) is 30.3 Å². The van der Waals surface area contributed by atoms with Crippen molar-refractivity contribution in [3.63, 3.8) is 0 Å². The molecule has 4 N–H and O–H groups in total. The van der Waals surface area contributed by atoms with Crippen LogP contribution in [0.15, 0.2) is 41.8 Å². The molecule has 3 atom stereocenters. The van der Waals surface area contributed by atoms with Crippen molar-refractivity contribution in [1.82, 2.24) is 4.90 Å². The number of para-hydroxylation sites is 1. The number of hydrogen-bond donors (Lipinski definition) is 3. The number of aliphatic carboxylic acids is 1. The first-order valence-electron chi connectivity index (χ1n) is 7.03. The lowest BCUT2D eigenvalue weighted by Gasteiger charge is -2.50. The third-order valence-electron chi connectivity index (χ3n) is 3.80. The van der Waals surface area contributed by atoms with Gasteiger partial charge >= 0.3 is 5.97 Å². The second kappa shape index (κ2) is 6.08. The Morgan fingerprint density at radius 1 is 1.33 bits per heavy atom. The van der Waals surface area contributed by atoms with Gasteiger partial charge in [0, 0.05) is 0 Å². The number of fused-ring (bicyclic) bond motifs is 1. The summed E-state index contributed by atoms with van der Waals surface area (Å²) in [6.07, 6.45) is -1.22. The Balaban J connectivity index is 1.86. The molecule has 2 aliphatic rings. The highest BCUT2D eigenvalue weighted by Crippen LogP contribution is 2.45. The highest BCUT2D eigenvalue weighted by molar-refractivity contribution is 8.00. The molecule has 1 saturated heterocycles. The summed E-state index contributed by atoms with van der Waals surface area (Å²) in [5.74, 6) is -3.70. The third kappa shape index (κ3) is 2.56. The number of amides is 2. The summed E-state index contributed by atoms with van der Waals surface area (Å²) < 4.78 is 5.56. The van der Waals surface area contributed by atoms with Gasteiger partial charge in [-0.3, -0.25) is 14.5 Å². The van der Waals surface area contributed by atoms with Gasteiger partial charge in [0.05, 0.1) is 11.1 Å². The van der Waals surface area contributed by atoms with Gasteiger partial charge in [-0.2, -0.15) is 0 Å². The molecule has 9 heteroatoms. The number of thioether (sulfide) groups is 1. The predicted octanol–water partition coefficient (Wildman–Crippen LogP) is 0.305. The van der Waals surface area contributed by atoms with Crippen LogP contribution >= 0.6 is 11.8 Å². The van der Waals surface area contributed by atoms with Crippen molar-refractivity contribution in [3.05, 3.63) is 41.8 Å². The number of primary amides is 1. The van der Waals surface area contributed by atoms with Crippen molar-refractivity contribution in [2.75, 3.05) is 5.75 Å². The van der Waals surface area contributed by atoms with Crippen molar-refractivity contribution in [3.8, 4) is 5.75 Å². The zero-order valence-corrected chi connectivity index (χ0v) is 13.1. The number of carbonyl (C=O) groups is 3. The van der Waals surface area contributed by atoms with Crippen molar-refractivity contribution >= 4 is 29.5 Å². The van der Waals surface area contributed by atoms with E-state index >= 15 is 0 Å². The van der Waals surface area contributed by atoms with Crippen molar-refractivity contribution in [2.24, 2.45) is 11.7 Å². The molecule has 126 valence electrons. The molecule has 1 fully saturated rings. The average molecular weight is 350 g/mol. The summed E-state index contributed by atoms with van der Waals surface area (Å²) >= 11 is 1.16. The largest absolute Gasteiger partial charge is 0.509 e. The van der Waals surface area contributed by atoms with Gasteiger partial charge in [0.15, 0.2) is 11.8 Å². The van der Waals surface area contributed by atoms with Crippen LogP contribution in [0.4, 0.5) is 0 Å². The van der Waals surface area contributed by atoms with Gasteiger partial charge in [0.2, 0.25) is 5.91 Å². The van der Waals surface area contributed by atoms with Crippen molar-refractivity contribution in [2.45, 2.75) is 11.5 Å². The lowest BCUT2D eigenvalue weighted by molar-refractivity contribution is -0.160. The molecule has 2 amide bonds. The van der Waals surface area contributed by atoms with Crippen LogP contribution in [0.1, 0.15) is 0 Å². The van der Waals surface area contributed by atoms with Crippen molar-refractivity contribution in [1.29, 1.82) is 0 Å². The number of carboxylic acid groups (broad SMARTS) is 1. The second-order valence-electron chi connectivity index (χ2n) is 5.29. The van der Waals surface area contributed by atoms with E-state index in [1.165, 1.54) is 0 Å². The number of β-lactam (4-membered cyclic amide) rings is 1. The second-order valence-corrected chi connectivity index (χ2v) is 6.39. The number of hydrogen-bond acceptors (Lipinski definition) is 6. The van der Waals surface area contributed by atoms with Crippen LogP contribution in [-0.2, 0) is 14.4 Å². The number of carboxylic acids is 1. The number of benzene rings is 1. The fourth-order valence-electron chi connectivity index (χ4n) is 2.73. The number of aliphatic hydroxyl groups is 1. The molecule has 3 unspecified atom stereocenters. The summed E-state index contributed by atoms with van der Waals surface area (Å²) in [6.45, 7) is 0. The fourth-order valence-corrected chi connectivity index (χ4v) is 4.02. The molecule has 8 nitrogen and oxygen atoms in total. The van der Waals surface area contributed by atoms with E-state index in [0.29, 0.717) is 5.75 Å². The molecule has 0 radical (unpaired) electrons. The maximum absolute atomic E-state index is 12.4. The van der Waals surface area contributed by atoms with Crippen LogP contribution in [0.25, 0.3) is 0 Å². The normalized spacial score (nSPS) is 24.0. The summed E-state index contributed by atoms with van der Waals surface area (Å²) in [6, 6.07) is 8.44. The highest BCUT2D eigenvalue weighted by Gasteiger charge is 2.58. The smallest absolute Gasteiger partial charge is 0.356 e. The molecule has 3 rings (SSSR count). The van der Waals surface area contributed by atoms with E-state index in [9.17, 15) is 24.6 Å². The molecule has 0 aliphatic carbocycles. The topological polar surface area (TPSA) is 130 Å². The molecule has 0 saturated carbocycles. The molecular formula is C15H14N2O6S. The summed E-state index contributed by atoms with van der Waals surface area (Å²) in [4.78, 5) is 36.4. The van der Waals surface area contributed by atoms with Crippen LogP contribution < -0.4 is 10.5 Å². The fraction of sp³-hybridized carbons (Fsp3) is 0.267. The first-order valence-corrected chi connectivity index (χ1v) is 8.07. The molecule has 0 bridgehead atoms. The Labute approximate surface area is 140 Å². The Hall–Kier alpha value is -2.68. The molecule has 2 heterocycles. The van der Waals surface area contributed by atoms with Crippen molar-refractivity contribution < 1.29 is 29.3 Å². The first kappa shape index (κ1) is 16.2. The Morgan fingerprint density at radius 2 is 2.00 bits per heavy atom. The van der Waals surface area contributed by atoms with Gasteiger partial charge in [-0.25, -0.2) is 4.79 Å². The summed E-state index contributed by atoms with van der Waals surface area (Å²) in [7, 11) is 0. The van der Waals surface area contributed by atoms with E-state index in [2.05, 4.69) is 0 Å². The molecular weight excluding hydrogens is 336 g/mol. The Kier molecular flexibility index (Phi) is 4.10. The molecule has 2 aliphatic heterocycles. The molecule has 1 aromatic rings. The van der Waals surface area contributed by atoms with Crippen LogP contribution in [0.3, 0.4) is 0 Å². The Bertz CT molecular complexity index is 735. The molecule has 0 spiro atoms. The number of nitrogens with zero attached hydrogens (tertiary/aromatic N) is 1. The van der Waals surface area contributed by atoms with E-state index in [4.69, 9.17) is 10.5 Å². The monoisotopic (exact) mass is 350 g/mol. The number of carbonyl (C=O) groups excluding carboxylic acids is 2. The number of ether oxygens (including phenoxy) is 1. The molecule has 24 heavy (non-hydrogen) atoms. The minimum Gasteiger partial charge on any atom is -0.509 e. The van der Waals surface area contributed by atoms with Gasteiger partial charge in [-0.1, -0.05) is 18.2 Å². The highest BCUT2D eigenvalue weighted by atomic mass is 32.2. The van der Waals surface area contributed by atoms with Crippen LogP contribution in [0.2, 0.25) is 0 Å². The zero-order chi connectivity index (χ0) is 17.4. The minimum absolute atomic E-state index is 0.0311. The molecule has 1 aromatic carbocycles. The lowest BCUT2D eigenvalue weighted by Crippen LogP contribution is -2.67. The average Bonchev–Trinajstić information content (AvgIpc) is 2.55. The number of rotatable bonds is 5. The molecule has 0 aromatic heterocycles. The lowest BCUT2D eigenvalue weighted by atomic mass is 9.90. The maximum atomic E-state index is 12.4. The van der Waals surface area contributed by atoms with Crippen LogP contribution in [0.5, 0.6) is 5.75 Å². The zero-order valence-electron chi connectivity index (χ0n) is 12.3. The minimum atomic E-state index is -1.40. The SMILES string of the molecule is NC(=O)C(Oc1ccccc1)C1C(=O)N2C(C(=O)O)=C(O)CSC12. The summed E-state index contributed by atoms with van der Waals surface area (Å²) in [5.41, 5.74) is 4.92. The predicted molar refractivity (Wildman–Crippen MR) is 83.9 cm³/mol. The van der Waals surface area contributed by atoms with E-state index < -0.39 is 40.9 Å². The van der Waals surface area contributed by atoms with E-state index in [1.807, 2.05) is 0 Å². The van der Waals surface area contributed by atoms with Gasteiger partial charge in [-0.15, -0.1) is 11.8 Å². The van der Waals surface area contributed by atoms with Gasteiger partial charge < -0.3 is 20.7 Å². The number of nitrogens with two attached hydrogens (primary N) is 1.